The van der Waals surface area contributed by atoms with Crippen LogP contribution >= 0.6 is 0 Å². The third-order valence-corrected chi connectivity index (χ3v) is 19.3. The molecule has 0 radical (unpaired) electrons. The predicted molar refractivity (Wildman–Crippen MR) is 320 cm³/mol. The third-order valence-electron chi connectivity index (χ3n) is 19.3. The maximum Gasteiger partial charge on any atom is 0.250 e. The molecule has 15 heteroatoms. The standard InChI is InChI=1S/2C9H16F2O.C9H18O.3C8H16O2.C8H16O.C7H14O/c1-6(2)7-5-9(10,11)4-3-8(7)12;1-6(2)7-3-4-9(10,11)5-8(7)12;1-7(2)8-5-3-4-6-9(8)10;1-6(2)7-5-10-4-3-8(7)9;2*1-6(2)7-3-4-10-5-8(7)9;1-6(2)7-4-3-5-8(7)9;1-5(2)6-3-4-7(6)8/h2*6-8,12H,3-5H2,1-2H3;7-10H,3-6H2,1-2H3;3*6-9H,3-5H2,1-2H3;6-9H,3-5H2,1-2H3;5-8H,3-4H2,1-2H3/t2*7-,8+;8-,9+;4*7-,8+;6-,7+/m11111011/s1. The molecule has 8 fully saturated rings. The van der Waals surface area contributed by atoms with E-state index < -0.39 is 24.1 Å². The van der Waals surface area contributed by atoms with E-state index in [-0.39, 0.29) is 86.5 Å². The smallest absolute Gasteiger partial charge is 0.250 e. The maximum atomic E-state index is 12.9. The Morgan fingerprint density at radius 1 is 0.272 bits per heavy atom. The summed E-state index contributed by atoms with van der Waals surface area (Å²) in [6, 6.07) is 0. The molecule has 0 aromatic carbocycles. The van der Waals surface area contributed by atoms with Crippen LogP contribution in [0.3, 0.4) is 0 Å². The molecule has 5 saturated carbocycles. The van der Waals surface area contributed by atoms with Crippen LogP contribution in [0.25, 0.3) is 0 Å². The molecule has 0 bridgehead atoms. The molecule has 8 N–H and O–H groups in total. The lowest BCUT2D eigenvalue weighted by atomic mass is 9.75. The Balaban J connectivity index is 0.000000464. The first-order chi connectivity index (χ1) is 37.6. The van der Waals surface area contributed by atoms with Gasteiger partial charge in [0.1, 0.15) is 0 Å². The lowest BCUT2D eigenvalue weighted by Crippen LogP contribution is -2.38. The van der Waals surface area contributed by atoms with Crippen LogP contribution in [0.1, 0.15) is 226 Å². The summed E-state index contributed by atoms with van der Waals surface area (Å²) < 4.78 is 66.7. The maximum absolute atomic E-state index is 12.9. The van der Waals surface area contributed by atoms with Gasteiger partial charge < -0.3 is 55.1 Å². The Labute approximate surface area is 492 Å². The minimum atomic E-state index is -2.63. The first-order valence-electron chi connectivity index (χ1n) is 32.6. The normalized spacial score (nSPS) is 35.4. The van der Waals surface area contributed by atoms with Gasteiger partial charge >= 0.3 is 0 Å². The first kappa shape index (κ1) is 78.3. The highest BCUT2D eigenvalue weighted by Crippen LogP contribution is 2.41. The summed E-state index contributed by atoms with van der Waals surface area (Å²) in [5.41, 5.74) is 0. The second kappa shape index (κ2) is 39.9. The lowest BCUT2D eigenvalue weighted by molar-refractivity contribution is -0.105. The Morgan fingerprint density at radius 3 is 0.877 bits per heavy atom. The lowest BCUT2D eigenvalue weighted by Gasteiger charge is -2.35. The van der Waals surface area contributed by atoms with Gasteiger partial charge in [0.15, 0.2) is 0 Å². The van der Waals surface area contributed by atoms with E-state index >= 15 is 0 Å². The zero-order valence-corrected chi connectivity index (χ0v) is 54.1. The highest BCUT2D eigenvalue weighted by molar-refractivity contribution is 4.87. The molecule has 81 heavy (non-hydrogen) atoms. The first-order valence-corrected chi connectivity index (χ1v) is 32.6. The van der Waals surface area contributed by atoms with Crippen LogP contribution in [0.4, 0.5) is 17.6 Å². The summed E-state index contributed by atoms with van der Waals surface area (Å²) in [7, 11) is 0. The number of hydrogen-bond donors (Lipinski definition) is 8. The molecule has 486 valence electrons. The zero-order chi connectivity index (χ0) is 61.9. The Hall–Kier alpha value is -0.720. The second-order valence-electron chi connectivity index (χ2n) is 28.4. The molecule has 0 aromatic rings. The molecule has 0 unspecified atom stereocenters. The van der Waals surface area contributed by atoms with Crippen molar-refractivity contribution in [3.05, 3.63) is 0 Å². The van der Waals surface area contributed by atoms with Crippen molar-refractivity contribution < 1.29 is 72.6 Å². The number of rotatable bonds is 8. The van der Waals surface area contributed by atoms with Crippen molar-refractivity contribution in [2.75, 3.05) is 39.6 Å². The van der Waals surface area contributed by atoms with Crippen molar-refractivity contribution in [1.29, 1.82) is 0 Å². The number of aliphatic hydroxyl groups is 8. The minimum absolute atomic E-state index is 0.00463. The van der Waals surface area contributed by atoms with Crippen LogP contribution < -0.4 is 0 Å². The molecular formula is C66H128F4O11. The average Bonchev–Trinajstić information content (AvgIpc) is 3.81. The van der Waals surface area contributed by atoms with Crippen LogP contribution in [0.15, 0.2) is 0 Å². The fourth-order valence-electron chi connectivity index (χ4n) is 13.1. The monoisotopic (exact) mass is 1170 g/mol. The van der Waals surface area contributed by atoms with Gasteiger partial charge in [-0.05, 0) is 159 Å². The minimum Gasteiger partial charge on any atom is -0.393 e. The van der Waals surface area contributed by atoms with Crippen LogP contribution in [-0.4, -0.2) is 141 Å². The molecule has 0 amide bonds. The fourth-order valence-corrected chi connectivity index (χ4v) is 13.1. The van der Waals surface area contributed by atoms with Gasteiger partial charge in [0.25, 0.3) is 5.92 Å². The molecule has 3 aliphatic heterocycles. The van der Waals surface area contributed by atoms with E-state index in [0.29, 0.717) is 96.6 Å². The van der Waals surface area contributed by atoms with Crippen LogP contribution in [0, 0.1) is 94.7 Å². The molecule has 0 aromatic heterocycles. The molecule has 8 rings (SSSR count). The summed E-state index contributed by atoms with van der Waals surface area (Å²) in [6.07, 6.45) is 11.5. The van der Waals surface area contributed by atoms with Crippen molar-refractivity contribution in [2.24, 2.45) is 94.7 Å². The van der Waals surface area contributed by atoms with Gasteiger partial charge in [-0.25, -0.2) is 17.6 Å². The number of alkyl halides is 4. The molecule has 5 aliphatic carbocycles. The summed E-state index contributed by atoms with van der Waals surface area (Å²) in [5, 5.41) is 75.1. The van der Waals surface area contributed by atoms with Crippen LogP contribution in [0.2, 0.25) is 0 Å². The van der Waals surface area contributed by atoms with Crippen molar-refractivity contribution in [3.8, 4) is 0 Å². The van der Waals surface area contributed by atoms with E-state index in [2.05, 4.69) is 83.1 Å². The third kappa shape index (κ3) is 30.7. The quantitative estimate of drug-likeness (QED) is 0.108. The fraction of sp³-hybridized carbons (Fsp3) is 1.00. The Kier molecular flexibility index (Phi) is 38.6. The van der Waals surface area contributed by atoms with E-state index in [1.807, 2.05) is 27.7 Å². The topological polar surface area (TPSA) is 190 Å². The summed E-state index contributed by atoms with van der Waals surface area (Å²) in [6.45, 7) is 37.9. The molecule has 3 heterocycles. The van der Waals surface area contributed by atoms with E-state index in [1.54, 1.807) is 0 Å². The van der Waals surface area contributed by atoms with Crippen molar-refractivity contribution in [1.82, 2.24) is 0 Å². The number of ether oxygens (including phenoxy) is 3. The van der Waals surface area contributed by atoms with Gasteiger partial charge in [-0.3, -0.25) is 0 Å². The van der Waals surface area contributed by atoms with Crippen molar-refractivity contribution >= 4 is 0 Å². The largest absolute Gasteiger partial charge is 0.393 e. The molecule has 0 spiro atoms. The predicted octanol–water partition coefficient (Wildman–Crippen LogP) is 13.4. The molecule has 16 atom stereocenters. The van der Waals surface area contributed by atoms with Crippen molar-refractivity contribution in [2.45, 2.75) is 287 Å². The Bertz CT molecular complexity index is 1440. The Morgan fingerprint density at radius 2 is 0.580 bits per heavy atom. The summed E-state index contributed by atoms with van der Waals surface area (Å²) in [5.74, 6) is 1.84. The van der Waals surface area contributed by atoms with Crippen molar-refractivity contribution in [3.63, 3.8) is 0 Å². The molecular weight excluding hydrogens is 1040 g/mol. The van der Waals surface area contributed by atoms with Crippen LogP contribution in [-0.2, 0) is 14.2 Å². The number of hydrogen-bond acceptors (Lipinski definition) is 11. The summed E-state index contributed by atoms with van der Waals surface area (Å²) >= 11 is 0. The highest BCUT2D eigenvalue weighted by Gasteiger charge is 2.43. The molecule has 3 saturated heterocycles. The van der Waals surface area contributed by atoms with E-state index in [4.69, 9.17) is 19.3 Å². The zero-order valence-electron chi connectivity index (χ0n) is 54.1. The van der Waals surface area contributed by atoms with Crippen LogP contribution in [0.5, 0.6) is 0 Å². The van der Waals surface area contributed by atoms with E-state index in [1.165, 1.54) is 38.5 Å². The van der Waals surface area contributed by atoms with Gasteiger partial charge in [-0.1, -0.05) is 130 Å². The molecule has 8 aliphatic rings. The van der Waals surface area contributed by atoms with E-state index in [0.717, 1.165) is 65.0 Å². The molecule has 11 nitrogen and oxygen atoms in total. The summed E-state index contributed by atoms with van der Waals surface area (Å²) in [4.78, 5) is 0. The van der Waals surface area contributed by atoms with Gasteiger partial charge in [-0.2, -0.15) is 0 Å². The van der Waals surface area contributed by atoms with E-state index in [9.17, 15) is 53.3 Å². The highest BCUT2D eigenvalue weighted by atomic mass is 19.3. The number of aliphatic hydroxyl groups excluding tert-OH is 8. The van der Waals surface area contributed by atoms with Gasteiger partial charge in [0.05, 0.1) is 68.7 Å². The van der Waals surface area contributed by atoms with Gasteiger partial charge in [-0.15, -0.1) is 0 Å². The SMILES string of the molecule is CC(C)[C@@H]1CCOC[C@H]1O.CC(C)[C@H]1CC(F)(F)CC[C@@H]1O.CC(C)[C@H]1CCC(F)(F)C[C@@H]1O.CC(C)[C@H]1CCCC[C@@H]1O.CC(C)[C@H]1CCC[C@@H]1O.CC(C)[C@H]1CCOC[C@@H]1O.CC(C)[C@H]1CC[C@@H]1O.CC(C)[C@H]1COCC[C@@H]1O. The average molecular weight is 1170 g/mol. The second-order valence-corrected chi connectivity index (χ2v) is 28.4. The van der Waals surface area contributed by atoms with Gasteiger partial charge in [0.2, 0.25) is 5.92 Å². The van der Waals surface area contributed by atoms with Gasteiger partial charge in [0, 0.05) is 51.4 Å². The number of halogens is 4.